The average Bonchev–Trinajstić information content (AvgIpc) is 2.90. The number of methoxy groups -OCH3 is 1. The van der Waals surface area contributed by atoms with Crippen molar-refractivity contribution >= 4 is 23.1 Å². The molecule has 1 aliphatic rings. The Morgan fingerprint density at radius 2 is 1.96 bits per heavy atom. The van der Waals surface area contributed by atoms with Crippen LogP contribution in [-0.2, 0) is 17.6 Å². The summed E-state index contributed by atoms with van der Waals surface area (Å²) in [5.74, 6) is -1.51. The van der Waals surface area contributed by atoms with Crippen molar-refractivity contribution in [2.75, 3.05) is 13.7 Å². The maximum atomic E-state index is 13.7. The summed E-state index contributed by atoms with van der Waals surface area (Å²) >= 11 is 1.45. The predicted octanol–water partition coefficient (Wildman–Crippen LogP) is 4.20. The number of ether oxygens (including phenoxy) is 2. The third kappa shape index (κ3) is 4.07. The standard InChI is InChI=1S/C19H19FO4S/c1-23-16-8-7-12(9-14(16)20)15(21)11-24-19(22)18-10-13-5-3-2-4-6-17(13)25-18/h7-10H,2-6,11H2,1H3. The van der Waals surface area contributed by atoms with Crippen LogP contribution in [0.25, 0.3) is 0 Å². The van der Waals surface area contributed by atoms with Gasteiger partial charge in [0.15, 0.2) is 24.0 Å². The van der Waals surface area contributed by atoms with Crippen molar-refractivity contribution in [1.82, 2.24) is 0 Å². The first-order valence-electron chi connectivity index (χ1n) is 8.24. The van der Waals surface area contributed by atoms with Crippen molar-refractivity contribution in [2.45, 2.75) is 32.1 Å². The van der Waals surface area contributed by atoms with Gasteiger partial charge in [0.1, 0.15) is 4.88 Å². The number of hydrogen-bond donors (Lipinski definition) is 0. The number of thiophene rings is 1. The number of fused-ring (bicyclic) bond motifs is 1. The molecule has 4 nitrogen and oxygen atoms in total. The van der Waals surface area contributed by atoms with Crippen LogP contribution in [-0.4, -0.2) is 25.5 Å². The molecule has 0 saturated heterocycles. The molecule has 1 aromatic heterocycles. The molecule has 0 N–H and O–H groups in total. The second kappa shape index (κ2) is 7.78. The first kappa shape index (κ1) is 17.6. The van der Waals surface area contributed by atoms with Crippen LogP contribution < -0.4 is 4.74 Å². The van der Waals surface area contributed by atoms with Gasteiger partial charge in [-0.25, -0.2) is 9.18 Å². The van der Waals surface area contributed by atoms with Gasteiger partial charge < -0.3 is 9.47 Å². The van der Waals surface area contributed by atoms with Crippen molar-refractivity contribution in [1.29, 1.82) is 0 Å². The first-order valence-corrected chi connectivity index (χ1v) is 9.05. The number of carbonyl (C=O) groups is 2. The molecule has 1 aromatic carbocycles. The predicted molar refractivity (Wildman–Crippen MR) is 93.1 cm³/mol. The van der Waals surface area contributed by atoms with Gasteiger partial charge in [-0.1, -0.05) is 6.42 Å². The first-order chi connectivity index (χ1) is 12.1. The molecule has 0 spiro atoms. The molecular weight excluding hydrogens is 343 g/mol. The summed E-state index contributed by atoms with van der Waals surface area (Å²) in [6, 6.07) is 5.79. The molecule has 25 heavy (non-hydrogen) atoms. The van der Waals surface area contributed by atoms with Crippen LogP contribution in [0.3, 0.4) is 0 Å². The molecule has 0 fully saturated rings. The third-order valence-corrected chi connectivity index (χ3v) is 5.47. The molecule has 2 aromatic rings. The summed E-state index contributed by atoms with van der Waals surface area (Å²) in [5, 5.41) is 0. The van der Waals surface area contributed by atoms with Crippen LogP contribution >= 0.6 is 11.3 Å². The maximum absolute atomic E-state index is 13.7. The lowest BCUT2D eigenvalue weighted by atomic mass is 10.1. The summed E-state index contributed by atoms with van der Waals surface area (Å²) in [6.45, 7) is -0.410. The minimum absolute atomic E-state index is 0.0635. The molecule has 1 aliphatic carbocycles. The van der Waals surface area contributed by atoms with E-state index in [1.165, 1.54) is 47.4 Å². The lowest BCUT2D eigenvalue weighted by molar-refractivity contribution is 0.0479. The molecule has 0 saturated carbocycles. The van der Waals surface area contributed by atoms with Crippen molar-refractivity contribution in [3.63, 3.8) is 0 Å². The van der Waals surface area contributed by atoms with E-state index in [9.17, 15) is 14.0 Å². The average molecular weight is 362 g/mol. The van der Waals surface area contributed by atoms with Gasteiger partial charge in [0, 0.05) is 10.4 Å². The number of hydrogen-bond acceptors (Lipinski definition) is 5. The molecule has 0 bridgehead atoms. The SMILES string of the molecule is COc1ccc(C(=O)COC(=O)c2cc3c(s2)CCCCC3)cc1F. The van der Waals surface area contributed by atoms with Crippen molar-refractivity contribution < 1.29 is 23.5 Å². The number of Topliss-reactive ketones (excluding diaryl/α,β-unsaturated/α-hetero) is 1. The Morgan fingerprint density at radius 3 is 2.72 bits per heavy atom. The van der Waals surface area contributed by atoms with E-state index in [1.54, 1.807) is 0 Å². The van der Waals surface area contributed by atoms with Crippen LogP contribution in [0.15, 0.2) is 24.3 Å². The lowest BCUT2D eigenvalue weighted by Gasteiger charge is -2.05. The Labute approximate surface area is 149 Å². The van der Waals surface area contributed by atoms with Crippen molar-refractivity contribution in [2.24, 2.45) is 0 Å². The molecule has 6 heteroatoms. The highest BCUT2D eigenvalue weighted by Crippen LogP contribution is 2.29. The maximum Gasteiger partial charge on any atom is 0.348 e. The summed E-state index contributed by atoms with van der Waals surface area (Å²) in [7, 11) is 1.35. The zero-order valence-corrected chi connectivity index (χ0v) is 14.8. The van der Waals surface area contributed by atoms with Gasteiger partial charge in [0.25, 0.3) is 0 Å². The van der Waals surface area contributed by atoms with E-state index in [0.29, 0.717) is 4.88 Å². The number of carbonyl (C=O) groups excluding carboxylic acids is 2. The highest BCUT2D eigenvalue weighted by molar-refractivity contribution is 7.14. The van der Waals surface area contributed by atoms with Gasteiger partial charge in [-0.3, -0.25) is 4.79 Å². The number of halogens is 1. The Hall–Kier alpha value is -2.21. The topological polar surface area (TPSA) is 52.6 Å². The molecule has 3 rings (SSSR count). The number of aryl methyl sites for hydroxylation is 2. The fourth-order valence-corrected chi connectivity index (χ4v) is 4.04. The summed E-state index contributed by atoms with van der Waals surface area (Å²) in [5.41, 5.74) is 1.37. The number of benzene rings is 1. The van der Waals surface area contributed by atoms with E-state index in [-0.39, 0.29) is 11.3 Å². The van der Waals surface area contributed by atoms with Crippen LogP contribution in [0, 0.1) is 5.82 Å². The van der Waals surface area contributed by atoms with E-state index in [1.807, 2.05) is 6.07 Å². The summed E-state index contributed by atoms with van der Waals surface area (Å²) in [6.07, 6.45) is 5.48. The van der Waals surface area contributed by atoms with Crippen molar-refractivity contribution in [3.05, 3.63) is 51.0 Å². The molecule has 0 atom stereocenters. The smallest absolute Gasteiger partial charge is 0.348 e. The highest BCUT2D eigenvalue weighted by Gasteiger charge is 2.19. The van der Waals surface area contributed by atoms with Gasteiger partial charge in [0.05, 0.1) is 7.11 Å². The van der Waals surface area contributed by atoms with Gasteiger partial charge >= 0.3 is 5.97 Å². The molecule has 0 amide bonds. The van der Waals surface area contributed by atoms with Gasteiger partial charge in [-0.05, 0) is 55.5 Å². The molecule has 0 unspecified atom stereocenters. The number of esters is 1. The summed E-state index contributed by atoms with van der Waals surface area (Å²) < 4.78 is 23.6. The Morgan fingerprint density at radius 1 is 1.16 bits per heavy atom. The Bertz CT molecular complexity index is 773. The Kier molecular flexibility index (Phi) is 5.48. The van der Waals surface area contributed by atoms with Crippen molar-refractivity contribution in [3.8, 4) is 5.75 Å². The van der Waals surface area contributed by atoms with Gasteiger partial charge in [-0.15, -0.1) is 11.3 Å². The monoisotopic (exact) mass is 362 g/mol. The number of rotatable bonds is 5. The largest absolute Gasteiger partial charge is 0.494 e. The minimum atomic E-state index is -0.623. The van der Waals surface area contributed by atoms with Crippen LogP contribution in [0.1, 0.15) is 49.7 Å². The minimum Gasteiger partial charge on any atom is -0.494 e. The van der Waals surface area contributed by atoms with Crippen LogP contribution in [0.4, 0.5) is 4.39 Å². The fourth-order valence-electron chi connectivity index (χ4n) is 2.89. The number of ketones is 1. The Balaban J connectivity index is 1.62. The highest BCUT2D eigenvalue weighted by atomic mass is 32.1. The van der Waals surface area contributed by atoms with E-state index < -0.39 is 24.2 Å². The normalized spacial score (nSPS) is 13.7. The van der Waals surface area contributed by atoms with Crippen LogP contribution in [0.2, 0.25) is 0 Å². The van der Waals surface area contributed by atoms with E-state index >= 15 is 0 Å². The zero-order chi connectivity index (χ0) is 17.8. The fraction of sp³-hybridized carbons (Fsp3) is 0.368. The summed E-state index contributed by atoms with van der Waals surface area (Å²) in [4.78, 5) is 26.1. The second-order valence-corrected chi connectivity index (χ2v) is 7.11. The molecular formula is C19H19FO4S. The molecule has 0 aliphatic heterocycles. The van der Waals surface area contributed by atoms with E-state index in [4.69, 9.17) is 9.47 Å². The quantitative estimate of drug-likeness (QED) is 0.454. The zero-order valence-electron chi connectivity index (χ0n) is 14.0. The second-order valence-electron chi connectivity index (χ2n) is 5.97. The van der Waals surface area contributed by atoms with E-state index in [2.05, 4.69) is 0 Å². The van der Waals surface area contributed by atoms with Gasteiger partial charge in [-0.2, -0.15) is 0 Å². The van der Waals surface area contributed by atoms with E-state index in [0.717, 1.165) is 31.7 Å². The lowest BCUT2D eigenvalue weighted by Crippen LogP contribution is -2.13. The van der Waals surface area contributed by atoms with Gasteiger partial charge in [0.2, 0.25) is 0 Å². The molecule has 1 heterocycles. The third-order valence-electron chi connectivity index (χ3n) is 4.26. The van der Waals surface area contributed by atoms with Crippen LogP contribution in [0.5, 0.6) is 5.75 Å². The molecule has 0 radical (unpaired) electrons. The molecule has 132 valence electrons.